The zero-order valence-corrected chi connectivity index (χ0v) is 20.1. The first-order chi connectivity index (χ1) is 16.8. The summed E-state index contributed by atoms with van der Waals surface area (Å²) in [5.41, 5.74) is 3.29. The Bertz CT molecular complexity index is 1420. The van der Waals surface area contributed by atoms with Crippen molar-refractivity contribution >= 4 is 15.7 Å². The smallest absolute Gasteiger partial charge is 0.253 e. The van der Waals surface area contributed by atoms with Crippen LogP contribution >= 0.6 is 0 Å². The number of carbonyl (C=O) groups excluding carboxylic acids is 1. The Morgan fingerprint density at radius 3 is 2.51 bits per heavy atom. The maximum atomic E-state index is 13.4. The van der Waals surface area contributed by atoms with Crippen LogP contribution < -0.4 is 0 Å². The molecule has 0 aliphatic carbocycles. The normalized spacial score (nSPS) is 11.4. The summed E-state index contributed by atoms with van der Waals surface area (Å²) < 4.78 is 38.8. The number of rotatable bonds is 9. The molecule has 1 amide bonds. The molecule has 0 spiro atoms. The summed E-state index contributed by atoms with van der Waals surface area (Å²) in [6.07, 6.45) is 1.38. The van der Waals surface area contributed by atoms with Gasteiger partial charge < -0.3 is 4.90 Å². The topological polar surface area (TPSA) is 83.1 Å². The highest BCUT2D eigenvalue weighted by Crippen LogP contribution is 2.20. The minimum absolute atomic E-state index is 0.171. The third-order valence-electron chi connectivity index (χ3n) is 5.67. The van der Waals surface area contributed by atoms with Gasteiger partial charge in [-0.2, -0.15) is 5.10 Å². The van der Waals surface area contributed by atoms with Crippen LogP contribution in [-0.4, -0.2) is 43.0 Å². The minimum atomic E-state index is -3.50. The fraction of sp³-hybridized carbons (Fsp3) is 0.185. The fourth-order valence-corrected chi connectivity index (χ4v) is 5.20. The van der Waals surface area contributed by atoms with Crippen molar-refractivity contribution in [2.24, 2.45) is 0 Å². The Morgan fingerprint density at radius 2 is 1.74 bits per heavy atom. The lowest BCUT2D eigenvalue weighted by molar-refractivity contribution is 0.0793. The highest BCUT2D eigenvalue weighted by Gasteiger charge is 2.17. The van der Waals surface area contributed by atoms with E-state index in [4.69, 9.17) is 0 Å². The zero-order chi connectivity index (χ0) is 24.8. The van der Waals surface area contributed by atoms with Crippen LogP contribution in [0.15, 0.2) is 89.8 Å². The molecule has 0 bridgehead atoms. The second-order valence-corrected chi connectivity index (χ2v) is 10.4. The number of sulfone groups is 1. The number of aromatic amines is 1. The molecule has 35 heavy (non-hydrogen) atoms. The molecule has 0 aliphatic rings. The molecule has 0 saturated carbocycles. The zero-order valence-electron chi connectivity index (χ0n) is 19.3. The summed E-state index contributed by atoms with van der Waals surface area (Å²) in [5.74, 6) is -0.655. The van der Waals surface area contributed by atoms with E-state index in [2.05, 4.69) is 10.2 Å². The van der Waals surface area contributed by atoms with E-state index in [1.807, 2.05) is 6.07 Å². The number of nitrogens with one attached hydrogen (secondary N) is 1. The van der Waals surface area contributed by atoms with Gasteiger partial charge in [-0.1, -0.05) is 42.5 Å². The monoisotopic (exact) mass is 491 g/mol. The van der Waals surface area contributed by atoms with Crippen molar-refractivity contribution in [3.63, 3.8) is 0 Å². The van der Waals surface area contributed by atoms with Crippen LogP contribution in [0.1, 0.15) is 28.0 Å². The lowest BCUT2D eigenvalue weighted by Gasteiger charge is -2.17. The Kier molecular flexibility index (Phi) is 7.41. The molecule has 0 fully saturated rings. The molecule has 0 aliphatic heterocycles. The summed E-state index contributed by atoms with van der Waals surface area (Å²) >= 11 is 0. The van der Waals surface area contributed by atoms with Gasteiger partial charge in [0.25, 0.3) is 5.91 Å². The van der Waals surface area contributed by atoms with Gasteiger partial charge in [-0.05, 0) is 60.9 Å². The van der Waals surface area contributed by atoms with Gasteiger partial charge in [0, 0.05) is 30.4 Å². The number of aryl methyl sites for hydroxylation is 1. The predicted molar refractivity (Wildman–Crippen MR) is 133 cm³/mol. The van der Waals surface area contributed by atoms with Crippen LogP contribution in [0.4, 0.5) is 4.39 Å². The van der Waals surface area contributed by atoms with Crippen molar-refractivity contribution in [1.82, 2.24) is 15.1 Å². The van der Waals surface area contributed by atoms with Crippen LogP contribution in [-0.2, 0) is 22.0 Å². The molecule has 0 saturated heterocycles. The highest BCUT2D eigenvalue weighted by atomic mass is 32.2. The Hall–Kier alpha value is -3.78. The number of hydrogen-bond acceptors (Lipinski definition) is 4. The van der Waals surface area contributed by atoms with E-state index >= 15 is 0 Å². The first-order valence-corrected chi connectivity index (χ1v) is 12.9. The molecular formula is C27H26FN3O3S. The number of H-pyrrole nitrogens is 1. The summed E-state index contributed by atoms with van der Waals surface area (Å²) in [5, 5.41) is 7.22. The molecule has 4 aromatic rings. The molecule has 3 aromatic carbocycles. The molecule has 6 nitrogen and oxygen atoms in total. The van der Waals surface area contributed by atoms with Crippen molar-refractivity contribution in [1.29, 1.82) is 0 Å². The van der Waals surface area contributed by atoms with Crippen LogP contribution in [0.5, 0.6) is 0 Å². The molecule has 4 rings (SSSR count). The number of benzene rings is 3. The number of amides is 1. The van der Waals surface area contributed by atoms with E-state index in [0.29, 0.717) is 41.8 Å². The van der Waals surface area contributed by atoms with Gasteiger partial charge in [0.2, 0.25) is 0 Å². The number of halogens is 1. The maximum absolute atomic E-state index is 13.4. The van der Waals surface area contributed by atoms with Gasteiger partial charge in [-0.15, -0.1) is 0 Å². The standard InChI is InChI=1S/C27H26FN3O3S/c1-31(15-7-12-24-18-26(30-29-24)21-9-6-11-23(28)17-21)27(32)22-10-5-8-20(16-22)19-35(33,34)25-13-3-2-4-14-25/h2-6,8-11,13-14,16-18H,7,12,15,19H2,1H3,(H,29,30). The molecule has 0 radical (unpaired) electrons. The van der Waals surface area contributed by atoms with Crippen molar-refractivity contribution in [3.05, 3.63) is 108 Å². The van der Waals surface area contributed by atoms with Crippen molar-refractivity contribution in [2.75, 3.05) is 13.6 Å². The van der Waals surface area contributed by atoms with Crippen molar-refractivity contribution in [2.45, 2.75) is 23.5 Å². The van der Waals surface area contributed by atoms with Crippen LogP contribution in [0, 0.1) is 5.82 Å². The molecule has 1 aromatic heterocycles. The number of aromatic nitrogens is 2. The van der Waals surface area contributed by atoms with Gasteiger partial charge in [0.1, 0.15) is 5.82 Å². The van der Waals surface area contributed by atoms with E-state index in [1.54, 1.807) is 78.7 Å². The van der Waals surface area contributed by atoms with E-state index in [9.17, 15) is 17.6 Å². The summed E-state index contributed by atoms with van der Waals surface area (Å²) in [7, 11) is -1.77. The van der Waals surface area contributed by atoms with Gasteiger partial charge in [0.15, 0.2) is 9.84 Å². The molecule has 0 unspecified atom stereocenters. The minimum Gasteiger partial charge on any atom is -0.342 e. The first kappa shape index (κ1) is 24.3. The second kappa shape index (κ2) is 10.7. The lowest BCUT2D eigenvalue weighted by Crippen LogP contribution is -2.28. The van der Waals surface area contributed by atoms with Crippen LogP contribution in [0.25, 0.3) is 11.3 Å². The van der Waals surface area contributed by atoms with Crippen molar-refractivity contribution in [3.8, 4) is 11.3 Å². The molecule has 1 N–H and O–H groups in total. The van der Waals surface area contributed by atoms with E-state index < -0.39 is 9.84 Å². The molecule has 8 heteroatoms. The first-order valence-electron chi connectivity index (χ1n) is 11.2. The van der Waals surface area contributed by atoms with Gasteiger partial charge in [-0.3, -0.25) is 9.89 Å². The number of hydrogen-bond donors (Lipinski definition) is 1. The average molecular weight is 492 g/mol. The van der Waals surface area contributed by atoms with E-state index in [0.717, 1.165) is 5.69 Å². The molecule has 1 heterocycles. The van der Waals surface area contributed by atoms with Gasteiger partial charge in [0.05, 0.1) is 16.3 Å². The van der Waals surface area contributed by atoms with E-state index in [1.165, 1.54) is 12.1 Å². The Labute approximate surface area is 204 Å². The highest BCUT2D eigenvalue weighted by molar-refractivity contribution is 7.90. The lowest BCUT2D eigenvalue weighted by atomic mass is 10.1. The number of carbonyl (C=O) groups is 1. The maximum Gasteiger partial charge on any atom is 0.253 e. The third kappa shape index (κ3) is 6.22. The largest absolute Gasteiger partial charge is 0.342 e. The Balaban J connectivity index is 1.34. The predicted octanol–water partition coefficient (Wildman–Crippen LogP) is 4.89. The second-order valence-electron chi connectivity index (χ2n) is 8.39. The SMILES string of the molecule is CN(CCCc1cc(-c2cccc(F)c2)n[nH]1)C(=O)c1cccc(CS(=O)(=O)c2ccccc2)c1. The Morgan fingerprint density at radius 1 is 0.971 bits per heavy atom. The quantitative estimate of drug-likeness (QED) is 0.361. The van der Waals surface area contributed by atoms with Crippen LogP contribution in [0.2, 0.25) is 0 Å². The summed E-state index contributed by atoms with van der Waals surface area (Å²) in [6, 6.07) is 23.2. The van der Waals surface area contributed by atoms with Gasteiger partial charge in [-0.25, -0.2) is 12.8 Å². The molecule has 0 atom stereocenters. The van der Waals surface area contributed by atoms with Crippen molar-refractivity contribution < 1.29 is 17.6 Å². The summed E-state index contributed by atoms with van der Waals surface area (Å²) in [4.78, 5) is 14.8. The average Bonchev–Trinajstić information content (AvgIpc) is 3.33. The third-order valence-corrected chi connectivity index (χ3v) is 7.37. The summed E-state index contributed by atoms with van der Waals surface area (Å²) in [6.45, 7) is 0.514. The van der Waals surface area contributed by atoms with Crippen LogP contribution in [0.3, 0.4) is 0 Å². The molecule has 180 valence electrons. The fourth-order valence-electron chi connectivity index (χ4n) is 3.84. The van der Waals surface area contributed by atoms with Gasteiger partial charge >= 0.3 is 0 Å². The van der Waals surface area contributed by atoms with E-state index in [-0.39, 0.29) is 22.4 Å². The molecular weight excluding hydrogens is 465 g/mol. The number of nitrogens with zero attached hydrogens (tertiary/aromatic N) is 2.